The Kier molecular flexibility index (Phi) is 5.84. The fourth-order valence-corrected chi connectivity index (χ4v) is 2.54. The van der Waals surface area contributed by atoms with Crippen LogP contribution < -0.4 is 0 Å². The van der Waals surface area contributed by atoms with E-state index in [1.54, 1.807) is 0 Å². The van der Waals surface area contributed by atoms with Crippen LogP contribution in [0.2, 0.25) is 0 Å². The van der Waals surface area contributed by atoms with Gasteiger partial charge in [-0.15, -0.1) is 0 Å². The molecular weight excluding hydrogens is 370 g/mol. The standard InChI is InChI=1S/C12H12.C6H3N3O7/c1-9-6-7-12-10(2)4-3-5-11(12)8-9;10-6-4(8(13)14)1-3(7(11)12)2-5(6)9(15)16/h3-8H,1-2H3;1-2,10H. The fraction of sp³-hybridized carbons (Fsp3) is 0.111. The third kappa shape index (κ3) is 4.36. The SMILES string of the molecule is Cc1ccc2c(C)cccc2c1.O=[N+]([O-])c1cc([N+](=O)[O-])c(O)c([N+](=O)[O-])c1. The first-order chi connectivity index (χ1) is 13.1. The Bertz CT molecular complexity index is 1060. The van der Waals surface area contributed by atoms with Gasteiger partial charge in [0.2, 0.25) is 0 Å². The van der Waals surface area contributed by atoms with Crippen LogP contribution in [0.5, 0.6) is 5.75 Å². The van der Waals surface area contributed by atoms with E-state index in [2.05, 4.69) is 50.2 Å². The molecule has 0 atom stereocenters. The van der Waals surface area contributed by atoms with E-state index in [1.165, 1.54) is 21.9 Å². The molecule has 1 N–H and O–H groups in total. The molecular formula is C18H15N3O7. The highest BCUT2D eigenvalue weighted by Crippen LogP contribution is 2.38. The predicted molar refractivity (Wildman–Crippen MR) is 101 cm³/mol. The van der Waals surface area contributed by atoms with Crippen molar-refractivity contribution in [2.75, 3.05) is 0 Å². The molecule has 10 nitrogen and oxygen atoms in total. The van der Waals surface area contributed by atoms with Crippen molar-refractivity contribution >= 4 is 27.8 Å². The van der Waals surface area contributed by atoms with E-state index in [9.17, 15) is 30.3 Å². The summed E-state index contributed by atoms with van der Waals surface area (Å²) in [6, 6.07) is 13.9. The molecule has 3 aromatic carbocycles. The molecule has 10 heteroatoms. The molecule has 0 aromatic heterocycles. The monoisotopic (exact) mass is 385 g/mol. The normalized spacial score (nSPS) is 10.1. The molecule has 144 valence electrons. The van der Waals surface area contributed by atoms with Gasteiger partial charge in [0.25, 0.3) is 11.4 Å². The van der Waals surface area contributed by atoms with Crippen molar-refractivity contribution < 1.29 is 19.9 Å². The largest absolute Gasteiger partial charge is 0.497 e. The van der Waals surface area contributed by atoms with Crippen LogP contribution in [-0.2, 0) is 0 Å². The summed E-state index contributed by atoms with van der Waals surface area (Å²) in [5.41, 5.74) is -0.321. The quantitative estimate of drug-likeness (QED) is 0.512. The number of phenolic OH excluding ortho intramolecular Hbond substituents is 1. The third-order valence-electron chi connectivity index (χ3n) is 3.91. The van der Waals surface area contributed by atoms with Gasteiger partial charge in [0.1, 0.15) is 0 Å². The van der Waals surface area contributed by atoms with E-state index in [4.69, 9.17) is 5.11 Å². The minimum Gasteiger partial charge on any atom is -0.497 e. The van der Waals surface area contributed by atoms with Gasteiger partial charge in [0, 0.05) is 0 Å². The highest BCUT2D eigenvalue weighted by molar-refractivity contribution is 5.86. The minimum absolute atomic E-state index is 0.447. The Hall–Kier alpha value is -4.08. The van der Waals surface area contributed by atoms with Crippen molar-refractivity contribution in [3.05, 3.63) is 90.0 Å². The van der Waals surface area contributed by atoms with Gasteiger partial charge in [-0.1, -0.05) is 42.0 Å². The number of nitro groups is 3. The second kappa shape index (κ2) is 8.08. The minimum atomic E-state index is -1.21. The number of hydrogen-bond acceptors (Lipinski definition) is 7. The number of nitro benzene ring substituents is 3. The van der Waals surface area contributed by atoms with Crippen molar-refractivity contribution in [3.63, 3.8) is 0 Å². The van der Waals surface area contributed by atoms with Crippen LogP contribution in [0.4, 0.5) is 17.1 Å². The lowest BCUT2D eigenvalue weighted by atomic mass is 10.0. The van der Waals surface area contributed by atoms with E-state index < -0.39 is 37.6 Å². The Morgan fingerprint density at radius 1 is 0.786 bits per heavy atom. The van der Waals surface area contributed by atoms with Gasteiger partial charge >= 0.3 is 11.4 Å². The summed E-state index contributed by atoms with van der Waals surface area (Å²) in [5, 5.41) is 42.9. The number of nitrogens with zero attached hydrogens (tertiary/aromatic N) is 3. The summed E-state index contributed by atoms with van der Waals surface area (Å²) < 4.78 is 0. The van der Waals surface area contributed by atoms with Crippen LogP contribution in [0.3, 0.4) is 0 Å². The Labute approximate surface area is 158 Å². The average Bonchev–Trinajstić information content (AvgIpc) is 2.61. The molecule has 28 heavy (non-hydrogen) atoms. The number of aromatic hydroxyl groups is 1. The zero-order chi connectivity index (χ0) is 21.0. The summed E-state index contributed by atoms with van der Waals surface area (Å²) in [4.78, 5) is 27.8. The number of fused-ring (bicyclic) bond motifs is 1. The van der Waals surface area contributed by atoms with E-state index >= 15 is 0 Å². The molecule has 0 aliphatic rings. The van der Waals surface area contributed by atoms with Crippen LogP contribution in [0.1, 0.15) is 11.1 Å². The second-order valence-electron chi connectivity index (χ2n) is 5.90. The van der Waals surface area contributed by atoms with Gasteiger partial charge in [-0.05, 0) is 30.2 Å². The summed E-state index contributed by atoms with van der Waals surface area (Å²) in [7, 11) is 0. The molecule has 0 bridgehead atoms. The third-order valence-corrected chi connectivity index (χ3v) is 3.91. The van der Waals surface area contributed by atoms with Gasteiger partial charge in [-0.25, -0.2) is 0 Å². The molecule has 0 aliphatic carbocycles. The van der Waals surface area contributed by atoms with E-state index in [-0.39, 0.29) is 0 Å². The number of non-ortho nitro benzene ring substituents is 1. The van der Waals surface area contributed by atoms with Gasteiger partial charge < -0.3 is 5.11 Å². The highest BCUT2D eigenvalue weighted by atomic mass is 16.6. The Balaban J connectivity index is 0.000000207. The Morgan fingerprint density at radius 3 is 1.86 bits per heavy atom. The topological polar surface area (TPSA) is 150 Å². The van der Waals surface area contributed by atoms with Gasteiger partial charge in [-0.2, -0.15) is 0 Å². The molecule has 3 aromatic rings. The molecule has 0 unspecified atom stereocenters. The highest BCUT2D eigenvalue weighted by Gasteiger charge is 2.30. The number of benzene rings is 3. The molecule has 0 spiro atoms. The zero-order valence-corrected chi connectivity index (χ0v) is 14.9. The van der Waals surface area contributed by atoms with Crippen LogP contribution in [0.15, 0.2) is 48.5 Å². The maximum atomic E-state index is 10.4. The molecule has 0 radical (unpaired) electrons. The van der Waals surface area contributed by atoms with Crippen LogP contribution in [-0.4, -0.2) is 19.9 Å². The van der Waals surface area contributed by atoms with Crippen molar-refractivity contribution in [3.8, 4) is 5.75 Å². The summed E-state index contributed by atoms with van der Waals surface area (Å²) in [5.74, 6) is -1.21. The zero-order valence-electron chi connectivity index (χ0n) is 14.9. The van der Waals surface area contributed by atoms with Gasteiger partial charge in [0.15, 0.2) is 0 Å². The number of aryl methyl sites for hydroxylation is 2. The van der Waals surface area contributed by atoms with Gasteiger partial charge in [0.05, 0.1) is 26.9 Å². The van der Waals surface area contributed by atoms with Crippen LogP contribution in [0, 0.1) is 44.2 Å². The van der Waals surface area contributed by atoms with Crippen LogP contribution >= 0.6 is 0 Å². The molecule has 0 amide bonds. The fourth-order valence-electron chi connectivity index (χ4n) is 2.54. The summed E-state index contributed by atoms with van der Waals surface area (Å²) in [6.07, 6.45) is 0. The molecule has 0 fully saturated rings. The lowest BCUT2D eigenvalue weighted by Crippen LogP contribution is -1.97. The lowest BCUT2D eigenvalue weighted by Gasteiger charge is -2.01. The first kappa shape index (κ1) is 20.2. The van der Waals surface area contributed by atoms with Crippen molar-refractivity contribution in [2.45, 2.75) is 13.8 Å². The van der Waals surface area contributed by atoms with E-state index in [0.29, 0.717) is 12.1 Å². The number of phenols is 1. The molecule has 0 saturated heterocycles. The van der Waals surface area contributed by atoms with E-state index in [1.807, 2.05) is 0 Å². The smallest absolute Gasteiger partial charge is 0.324 e. The van der Waals surface area contributed by atoms with Crippen LogP contribution in [0.25, 0.3) is 10.8 Å². The maximum Gasteiger partial charge on any atom is 0.324 e. The maximum absolute atomic E-state index is 10.4. The first-order valence-corrected chi connectivity index (χ1v) is 7.88. The molecule has 0 saturated carbocycles. The molecule has 3 rings (SSSR count). The molecule has 0 heterocycles. The Morgan fingerprint density at radius 2 is 1.36 bits per heavy atom. The molecule has 0 aliphatic heterocycles. The summed E-state index contributed by atoms with van der Waals surface area (Å²) >= 11 is 0. The number of hydrogen-bond donors (Lipinski definition) is 1. The second-order valence-corrected chi connectivity index (χ2v) is 5.90. The van der Waals surface area contributed by atoms with Gasteiger partial charge in [-0.3, -0.25) is 30.3 Å². The predicted octanol–water partition coefficient (Wildman–Crippen LogP) is 4.57. The lowest BCUT2D eigenvalue weighted by molar-refractivity contribution is -0.404. The van der Waals surface area contributed by atoms with Crippen molar-refractivity contribution in [2.24, 2.45) is 0 Å². The first-order valence-electron chi connectivity index (χ1n) is 7.88. The van der Waals surface area contributed by atoms with E-state index in [0.717, 1.165) is 0 Å². The van der Waals surface area contributed by atoms with Crippen molar-refractivity contribution in [1.82, 2.24) is 0 Å². The average molecular weight is 385 g/mol. The van der Waals surface area contributed by atoms with Crippen molar-refractivity contribution in [1.29, 1.82) is 0 Å². The number of rotatable bonds is 3. The summed E-state index contributed by atoms with van der Waals surface area (Å²) in [6.45, 7) is 4.28.